The average Bonchev–Trinajstić information content (AvgIpc) is 2.09. The van der Waals surface area contributed by atoms with E-state index < -0.39 is 0 Å². The third kappa shape index (κ3) is 2.48. The van der Waals surface area contributed by atoms with Crippen LogP contribution in [0.4, 0.5) is 0 Å². The minimum Gasteiger partial charge on any atom is -0.356 e. The zero-order valence-corrected chi connectivity index (χ0v) is 7.89. The SMILES string of the molecule is CNC(C)CC1CCCNC1=O. The maximum absolute atomic E-state index is 11.3. The van der Waals surface area contributed by atoms with Gasteiger partial charge in [-0.05, 0) is 33.2 Å². The second-order valence-electron chi connectivity index (χ2n) is 3.56. The second-order valence-corrected chi connectivity index (χ2v) is 3.56. The Kier molecular flexibility index (Phi) is 3.53. The number of carbonyl (C=O) groups is 1. The molecule has 70 valence electrons. The van der Waals surface area contributed by atoms with Crippen molar-refractivity contribution >= 4 is 5.91 Å². The summed E-state index contributed by atoms with van der Waals surface area (Å²) in [6.07, 6.45) is 3.15. The van der Waals surface area contributed by atoms with Crippen molar-refractivity contribution in [1.29, 1.82) is 0 Å². The van der Waals surface area contributed by atoms with Gasteiger partial charge < -0.3 is 10.6 Å². The second kappa shape index (κ2) is 4.45. The molecular formula is C9H18N2O. The Hall–Kier alpha value is -0.570. The minimum atomic E-state index is 0.237. The molecule has 1 fully saturated rings. The van der Waals surface area contributed by atoms with Gasteiger partial charge in [0.15, 0.2) is 0 Å². The molecule has 1 aliphatic rings. The van der Waals surface area contributed by atoms with Crippen molar-refractivity contribution in [2.45, 2.75) is 32.2 Å². The van der Waals surface area contributed by atoms with E-state index in [-0.39, 0.29) is 11.8 Å². The molecule has 0 radical (unpaired) electrons. The van der Waals surface area contributed by atoms with Crippen molar-refractivity contribution < 1.29 is 4.79 Å². The van der Waals surface area contributed by atoms with Crippen LogP contribution in [0.15, 0.2) is 0 Å². The van der Waals surface area contributed by atoms with Crippen LogP contribution in [0.1, 0.15) is 26.2 Å². The van der Waals surface area contributed by atoms with Crippen LogP contribution < -0.4 is 10.6 Å². The number of nitrogens with one attached hydrogen (secondary N) is 2. The van der Waals surface area contributed by atoms with Crippen molar-refractivity contribution in [1.82, 2.24) is 10.6 Å². The highest BCUT2D eigenvalue weighted by atomic mass is 16.1. The van der Waals surface area contributed by atoms with Gasteiger partial charge in [0.1, 0.15) is 0 Å². The monoisotopic (exact) mass is 170 g/mol. The van der Waals surface area contributed by atoms with E-state index in [0.29, 0.717) is 6.04 Å². The lowest BCUT2D eigenvalue weighted by Crippen LogP contribution is -2.39. The van der Waals surface area contributed by atoms with Crippen molar-refractivity contribution in [2.75, 3.05) is 13.6 Å². The fourth-order valence-corrected chi connectivity index (χ4v) is 1.60. The van der Waals surface area contributed by atoms with Crippen molar-refractivity contribution in [2.24, 2.45) is 5.92 Å². The first-order chi connectivity index (χ1) is 5.74. The lowest BCUT2D eigenvalue weighted by atomic mass is 9.92. The smallest absolute Gasteiger partial charge is 0.223 e. The van der Waals surface area contributed by atoms with Gasteiger partial charge in [-0.3, -0.25) is 4.79 Å². The van der Waals surface area contributed by atoms with Crippen molar-refractivity contribution in [3.8, 4) is 0 Å². The summed E-state index contributed by atoms with van der Waals surface area (Å²) in [4.78, 5) is 11.3. The molecule has 3 nitrogen and oxygen atoms in total. The first-order valence-corrected chi connectivity index (χ1v) is 4.69. The van der Waals surface area contributed by atoms with Crippen LogP contribution in [0.5, 0.6) is 0 Å². The number of hydrogen-bond donors (Lipinski definition) is 2. The summed E-state index contributed by atoms with van der Waals surface area (Å²) >= 11 is 0. The summed E-state index contributed by atoms with van der Waals surface area (Å²) in [6.45, 7) is 2.98. The van der Waals surface area contributed by atoms with Gasteiger partial charge in [0.25, 0.3) is 0 Å². The Morgan fingerprint density at radius 2 is 2.50 bits per heavy atom. The minimum absolute atomic E-state index is 0.237. The Morgan fingerprint density at radius 1 is 1.75 bits per heavy atom. The molecular weight excluding hydrogens is 152 g/mol. The molecule has 0 aromatic rings. The first kappa shape index (κ1) is 9.52. The average molecular weight is 170 g/mol. The van der Waals surface area contributed by atoms with Gasteiger partial charge in [-0.25, -0.2) is 0 Å². The molecule has 1 rings (SSSR count). The molecule has 0 saturated carbocycles. The largest absolute Gasteiger partial charge is 0.356 e. The molecule has 1 heterocycles. The number of carbonyl (C=O) groups excluding carboxylic acids is 1. The van der Waals surface area contributed by atoms with Gasteiger partial charge in [-0.1, -0.05) is 0 Å². The van der Waals surface area contributed by atoms with Crippen molar-refractivity contribution in [3.63, 3.8) is 0 Å². The molecule has 1 amide bonds. The third-order valence-corrected chi connectivity index (χ3v) is 2.53. The molecule has 2 unspecified atom stereocenters. The normalized spacial score (nSPS) is 26.5. The lowest BCUT2D eigenvalue weighted by Gasteiger charge is -2.24. The summed E-state index contributed by atoms with van der Waals surface area (Å²) in [7, 11) is 1.94. The van der Waals surface area contributed by atoms with Crippen LogP contribution in [0, 0.1) is 5.92 Å². The molecule has 0 aromatic heterocycles. The zero-order valence-electron chi connectivity index (χ0n) is 7.89. The molecule has 2 N–H and O–H groups in total. The van der Waals surface area contributed by atoms with E-state index in [9.17, 15) is 4.79 Å². The Bertz CT molecular complexity index is 159. The topological polar surface area (TPSA) is 41.1 Å². The Labute approximate surface area is 73.9 Å². The summed E-state index contributed by atoms with van der Waals surface area (Å²) < 4.78 is 0. The lowest BCUT2D eigenvalue weighted by molar-refractivity contribution is -0.127. The highest BCUT2D eigenvalue weighted by Gasteiger charge is 2.22. The first-order valence-electron chi connectivity index (χ1n) is 4.69. The maximum Gasteiger partial charge on any atom is 0.223 e. The van der Waals surface area contributed by atoms with Crippen LogP contribution in [0.3, 0.4) is 0 Å². The fraction of sp³-hybridized carbons (Fsp3) is 0.889. The third-order valence-electron chi connectivity index (χ3n) is 2.53. The van der Waals surface area contributed by atoms with E-state index in [1.807, 2.05) is 7.05 Å². The molecule has 0 spiro atoms. The number of rotatable bonds is 3. The van der Waals surface area contributed by atoms with Crippen LogP contribution in [0.25, 0.3) is 0 Å². The van der Waals surface area contributed by atoms with Crippen molar-refractivity contribution in [3.05, 3.63) is 0 Å². The quantitative estimate of drug-likeness (QED) is 0.648. The van der Waals surface area contributed by atoms with Crippen LogP contribution >= 0.6 is 0 Å². The van der Waals surface area contributed by atoms with Gasteiger partial charge in [0.05, 0.1) is 0 Å². The van der Waals surface area contributed by atoms with Crippen LogP contribution in [-0.2, 0) is 4.79 Å². The predicted octanol–water partition coefficient (Wildman–Crippen LogP) is 0.511. The highest BCUT2D eigenvalue weighted by molar-refractivity contribution is 5.79. The van der Waals surface area contributed by atoms with Gasteiger partial charge in [-0.2, -0.15) is 0 Å². The molecule has 12 heavy (non-hydrogen) atoms. The predicted molar refractivity (Wildman–Crippen MR) is 48.9 cm³/mol. The summed E-state index contributed by atoms with van der Waals surface area (Å²) in [6, 6.07) is 0.443. The Morgan fingerprint density at radius 3 is 3.08 bits per heavy atom. The van der Waals surface area contributed by atoms with Gasteiger partial charge in [-0.15, -0.1) is 0 Å². The van der Waals surface area contributed by atoms with Crippen LogP contribution in [0.2, 0.25) is 0 Å². The van der Waals surface area contributed by atoms with E-state index in [1.165, 1.54) is 0 Å². The molecule has 3 heteroatoms. The Balaban J connectivity index is 2.34. The summed E-state index contributed by atoms with van der Waals surface area (Å²) in [5.41, 5.74) is 0. The number of amides is 1. The summed E-state index contributed by atoms with van der Waals surface area (Å²) in [5.74, 6) is 0.476. The highest BCUT2D eigenvalue weighted by Crippen LogP contribution is 2.16. The van der Waals surface area contributed by atoms with E-state index >= 15 is 0 Å². The molecule has 1 aliphatic heterocycles. The van der Waals surface area contributed by atoms with E-state index in [1.54, 1.807) is 0 Å². The number of hydrogen-bond acceptors (Lipinski definition) is 2. The molecule has 0 aliphatic carbocycles. The van der Waals surface area contributed by atoms with Gasteiger partial charge >= 0.3 is 0 Å². The van der Waals surface area contributed by atoms with E-state index in [4.69, 9.17) is 0 Å². The zero-order chi connectivity index (χ0) is 8.97. The van der Waals surface area contributed by atoms with E-state index in [2.05, 4.69) is 17.6 Å². The maximum atomic E-state index is 11.3. The standard InChI is InChI=1S/C9H18N2O/c1-7(10-2)6-8-4-3-5-11-9(8)12/h7-8,10H,3-6H2,1-2H3,(H,11,12). The van der Waals surface area contributed by atoms with Gasteiger partial charge in [0, 0.05) is 18.5 Å². The molecule has 0 bridgehead atoms. The molecule has 0 aromatic carbocycles. The van der Waals surface area contributed by atoms with Gasteiger partial charge in [0.2, 0.25) is 5.91 Å². The molecule has 1 saturated heterocycles. The summed E-state index contributed by atoms with van der Waals surface area (Å²) in [5, 5.41) is 6.05. The number of piperidine rings is 1. The van der Waals surface area contributed by atoms with E-state index in [0.717, 1.165) is 25.8 Å². The van der Waals surface area contributed by atoms with Crippen LogP contribution in [-0.4, -0.2) is 25.5 Å². The fourth-order valence-electron chi connectivity index (χ4n) is 1.60. The molecule has 2 atom stereocenters.